The van der Waals surface area contributed by atoms with Gasteiger partial charge in [-0.05, 0) is 56.7 Å². The summed E-state index contributed by atoms with van der Waals surface area (Å²) < 4.78 is 16.6. The van der Waals surface area contributed by atoms with E-state index in [1.54, 1.807) is 13.2 Å². The highest BCUT2D eigenvalue weighted by atomic mass is 16.5. The molecule has 0 radical (unpaired) electrons. The third kappa shape index (κ3) is 5.03. The van der Waals surface area contributed by atoms with E-state index >= 15 is 0 Å². The molecule has 0 bridgehead atoms. The summed E-state index contributed by atoms with van der Waals surface area (Å²) in [6.07, 6.45) is 3.20. The van der Waals surface area contributed by atoms with Crippen LogP contribution in [0, 0.1) is 20.8 Å². The van der Waals surface area contributed by atoms with E-state index in [0.29, 0.717) is 23.8 Å². The molecule has 0 fully saturated rings. The number of aryl methyl sites for hydroxylation is 3. The van der Waals surface area contributed by atoms with Gasteiger partial charge in [-0.15, -0.1) is 0 Å². The number of anilines is 1. The smallest absolute Gasteiger partial charge is 0.248 e. The molecule has 0 atom stereocenters. The molecule has 0 saturated heterocycles. The van der Waals surface area contributed by atoms with E-state index in [9.17, 15) is 4.79 Å². The Morgan fingerprint density at radius 2 is 1.94 bits per heavy atom. The Morgan fingerprint density at radius 3 is 2.70 bits per heavy atom. The maximum absolute atomic E-state index is 12.5. The fourth-order valence-corrected chi connectivity index (χ4v) is 3.46. The lowest BCUT2D eigenvalue weighted by molar-refractivity contribution is -0.111. The highest BCUT2D eigenvalue weighted by molar-refractivity contribution is 6.06. The number of carbonyl (C=O) groups is 1. The SMILES string of the molecule is COc1cc(C=CC(=O)Nc2cccc3ccc(C)nc23)ccc1OCc1c(C)noc1C. The number of hydrogen-bond acceptors (Lipinski definition) is 6. The molecule has 0 aliphatic heterocycles. The third-order valence-corrected chi connectivity index (χ3v) is 5.29. The third-order valence-electron chi connectivity index (χ3n) is 5.29. The van der Waals surface area contributed by atoms with E-state index < -0.39 is 0 Å². The maximum Gasteiger partial charge on any atom is 0.248 e. The van der Waals surface area contributed by atoms with Crippen LogP contribution in [0.15, 0.2) is 59.1 Å². The zero-order chi connectivity index (χ0) is 23.4. The molecule has 2 aromatic carbocycles. The summed E-state index contributed by atoms with van der Waals surface area (Å²) in [5.41, 5.74) is 4.85. The number of carbonyl (C=O) groups excluding carboxylic acids is 1. The first-order valence-corrected chi connectivity index (χ1v) is 10.5. The predicted octanol–water partition coefficient (Wildman–Crippen LogP) is 5.39. The summed E-state index contributed by atoms with van der Waals surface area (Å²) in [7, 11) is 1.58. The Labute approximate surface area is 192 Å². The van der Waals surface area contributed by atoms with Crippen molar-refractivity contribution in [3.63, 3.8) is 0 Å². The van der Waals surface area contributed by atoms with Crippen LogP contribution in [0.3, 0.4) is 0 Å². The van der Waals surface area contributed by atoms with Crippen LogP contribution in [0.1, 0.15) is 28.3 Å². The van der Waals surface area contributed by atoms with Gasteiger partial charge in [0.15, 0.2) is 11.5 Å². The van der Waals surface area contributed by atoms with Crippen molar-refractivity contribution >= 4 is 28.6 Å². The van der Waals surface area contributed by atoms with Crippen molar-refractivity contribution in [1.29, 1.82) is 0 Å². The van der Waals surface area contributed by atoms with Gasteiger partial charge in [0.25, 0.3) is 0 Å². The van der Waals surface area contributed by atoms with Gasteiger partial charge in [0.2, 0.25) is 5.91 Å². The van der Waals surface area contributed by atoms with Crippen molar-refractivity contribution in [3.05, 3.63) is 82.9 Å². The van der Waals surface area contributed by atoms with Crippen molar-refractivity contribution in [2.24, 2.45) is 0 Å². The Hall–Kier alpha value is -4.13. The molecule has 0 aliphatic carbocycles. The lowest BCUT2D eigenvalue weighted by Crippen LogP contribution is -2.08. The van der Waals surface area contributed by atoms with Gasteiger partial charge in [-0.2, -0.15) is 0 Å². The van der Waals surface area contributed by atoms with Crippen LogP contribution in [0.5, 0.6) is 11.5 Å². The average molecular weight is 444 g/mol. The molecule has 33 heavy (non-hydrogen) atoms. The fraction of sp³-hybridized carbons (Fsp3) is 0.192. The lowest BCUT2D eigenvalue weighted by atomic mass is 10.1. The highest BCUT2D eigenvalue weighted by Gasteiger charge is 2.12. The van der Waals surface area contributed by atoms with E-state index in [2.05, 4.69) is 15.5 Å². The molecule has 0 unspecified atom stereocenters. The van der Waals surface area contributed by atoms with Crippen LogP contribution in [-0.2, 0) is 11.4 Å². The van der Waals surface area contributed by atoms with E-state index in [0.717, 1.165) is 39.2 Å². The van der Waals surface area contributed by atoms with E-state index in [4.69, 9.17) is 14.0 Å². The second-order valence-electron chi connectivity index (χ2n) is 7.65. The van der Waals surface area contributed by atoms with Crippen LogP contribution >= 0.6 is 0 Å². The number of fused-ring (bicyclic) bond motifs is 1. The van der Waals surface area contributed by atoms with Crippen LogP contribution in [0.2, 0.25) is 0 Å². The minimum absolute atomic E-state index is 0.247. The number of rotatable bonds is 7. The first-order chi connectivity index (χ1) is 15.9. The summed E-state index contributed by atoms with van der Waals surface area (Å²) in [5, 5.41) is 7.82. The standard InChI is InChI=1S/C26H25N3O4/c1-16-8-11-20-6-5-7-22(26(20)27-16)28-25(30)13-10-19-9-12-23(24(14-19)31-4)32-15-21-17(2)29-33-18(21)3/h5-14H,15H2,1-4H3,(H,28,30). The highest BCUT2D eigenvalue weighted by Crippen LogP contribution is 2.30. The minimum atomic E-state index is -0.247. The monoisotopic (exact) mass is 443 g/mol. The first kappa shape index (κ1) is 22.1. The number of aromatic nitrogens is 2. The zero-order valence-electron chi connectivity index (χ0n) is 19.0. The number of hydrogen-bond donors (Lipinski definition) is 1. The Bertz CT molecular complexity index is 1320. The van der Waals surface area contributed by atoms with Gasteiger partial charge in [-0.25, -0.2) is 0 Å². The molecule has 0 aliphatic rings. The van der Waals surface area contributed by atoms with Gasteiger partial charge < -0.3 is 19.3 Å². The number of nitrogens with one attached hydrogen (secondary N) is 1. The van der Waals surface area contributed by atoms with Crippen molar-refractivity contribution in [1.82, 2.24) is 10.1 Å². The van der Waals surface area contributed by atoms with Gasteiger partial charge in [0.05, 0.1) is 29.6 Å². The second-order valence-corrected chi connectivity index (χ2v) is 7.65. The van der Waals surface area contributed by atoms with Crippen LogP contribution in [0.25, 0.3) is 17.0 Å². The normalized spacial score (nSPS) is 11.2. The van der Waals surface area contributed by atoms with Crippen molar-refractivity contribution in [3.8, 4) is 11.5 Å². The Morgan fingerprint density at radius 1 is 1.09 bits per heavy atom. The molecule has 4 aromatic rings. The first-order valence-electron chi connectivity index (χ1n) is 10.5. The molecule has 1 amide bonds. The van der Waals surface area contributed by atoms with E-state index in [-0.39, 0.29) is 5.91 Å². The van der Waals surface area contributed by atoms with Crippen molar-refractivity contribution < 1.29 is 18.8 Å². The zero-order valence-corrected chi connectivity index (χ0v) is 19.0. The summed E-state index contributed by atoms with van der Waals surface area (Å²) in [4.78, 5) is 17.1. The molecule has 2 aromatic heterocycles. The molecule has 2 heterocycles. The molecule has 0 spiro atoms. The lowest BCUT2D eigenvalue weighted by Gasteiger charge is -2.11. The number of nitrogens with zero attached hydrogens (tertiary/aromatic N) is 2. The fourth-order valence-electron chi connectivity index (χ4n) is 3.46. The van der Waals surface area contributed by atoms with Crippen molar-refractivity contribution in [2.75, 3.05) is 12.4 Å². The van der Waals surface area contributed by atoms with E-state index in [1.807, 2.05) is 69.3 Å². The molecule has 7 nitrogen and oxygen atoms in total. The summed E-state index contributed by atoms with van der Waals surface area (Å²) in [6.45, 7) is 5.98. The quantitative estimate of drug-likeness (QED) is 0.386. The van der Waals surface area contributed by atoms with Crippen molar-refractivity contribution in [2.45, 2.75) is 27.4 Å². The molecule has 0 saturated carbocycles. The number of benzene rings is 2. The van der Waals surface area contributed by atoms with Crippen LogP contribution in [-0.4, -0.2) is 23.2 Å². The molecule has 4 rings (SSSR count). The minimum Gasteiger partial charge on any atom is -0.493 e. The number of ether oxygens (including phenoxy) is 2. The van der Waals surface area contributed by atoms with Gasteiger partial charge in [0.1, 0.15) is 12.4 Å². The van der Waals surface area contributed by atoms with Crippen LogP contribution < -0.4 is 14.8 Å². The number of methoxy groups -OCH3 is 1. The Balaban J connectivity index is 1.46. The summed E-state index contributed by atoms with van der Waals surface area (Å²) >= 11 is 0. The van der Waals surface area contributed by atoms with Crippen LogP contribution in [0.4, 0.5) is 5.69 Å². The molecule has 7 heteroatoms. The van der Waals surface area contributed by atoms with E-state index in [1.165, 1.54) is 6.08 Å². The van der Waals surface area contributed by atoms with Gasteiger partial charge in [0, 0.05) is 17.2 Å². The largest absolute Gasteiger partial charge is 0.493 e. The summed E-state index contributed by atoms with van der Waals surface area (Å²) in [6, 6.07) is 15.1. The molecule has 168 valence electrons. The van der Waals surface area contributed by atoms with Gasteiger partial charge in [-0.1, -0.05) is 29.4 Å². The maximum atomic E-state index is 12.5. The average Bonchev–Trinajstić information content (AvgIpc) is 3.14. The van der Waals surface area contributed by atoms with Gasteiger partial charge in [-0.3, -0.25) is 9.78 Å². The number of para-hydroxylation sites is 1. The molecular weight excluding hydrogens is 418 g/mol. The second kappa shape index (κ2) is 9.56. The predicted molar refractivity (Wildman–Crippen MR) is 127 cm³/mol. The Kier molecular flexibility index (Phi) is 6.40. The topological polar surface area (TPSA) is 86.5 Å². The number of amides is 1. The van der Waals surface area contributed by atoms with Gasteiger partial charge >= 0.3 is 0 Å². The molecular formula is C26H25N3O4. The number of pyridine rings is 1. The summed E-state index contributed by atoms with van der Waals surface area (Å²) in [5.74, 6) is 1.64. The molecule has 1 N–H and O–H groups in total.